The number of anilines is 1. The van der Waals surface area contributed by atoms with E-state index in [2.05, 4.69) is 25.6 Å². The highest BCUT2D eigenvalue weighted by Gasteiger charge is 2.25. The lowest BCUT2D eigenvalue weighted by molar-refractivity contribution is -0.120. The summed E-state index contributed by atoms with van der Waals surface area (Å²) in [7, 11) is 0. The van der Waals surface area contributed by atoms with Crippen molar-refractivity contribution in [2.75, 3.05) is 25.0 Å². The topological polar surface area (TPSA) is 103 Å². The van der Waals surface area contributed by atoms with Gasteiger partial charge in [-0.2, -0.15) is 0 Å². The minimum Gasteiger partial charge on any atom is -0.352 e. The Morgan fingerprint density at radius 3 is 2.50 bits per heavy atom. The molecule has 0 bridgehead atoms. The molecule has 1 aliphatic rings. The number of carbonyl (C=O) groups is 2. The molecule has 1 aliphatic heterocycles. The van der Waals surface area contributed by atoms with Crippen LogP contribution in [0.5, 0.6) is 0 Å². The third-order valence-corrected chi connectivity index (χ3v) is 5.30. The van der Waals surface area contributed by atoms with Gasteiger partial charge in [0.25, 0.3) is 5.91 Å². The van der Waals surface area contributed by atoms with Crippen LogP contribution >= 0.6 is 0 Å². The number of rotatable bonds is 5. The Balaban J connectivity index is 1.25. The van der Waals surface area contributed by atoms with E-state index in [0.29, 0.717) is 24.7 Å². The molecule has 4 rings (SSSR count). The Morgan fingerprint density at radius 2 is 1.80 bits per heavy atom. The number of amides is 2. The first-order valence-electron chi connectivity index (χ1n) is 10.2. The first kappa shape index (κ1) is 19.9. The second-order valence-corrected chi connectivity index (χ2v) is 7.73. The van der Waals surface area contributed by atoms with Gasteiger partial charge in [0.15, 0.2) is 0 Å². The second kappa shape index (κ2) is 8.52. The predicted molar refractivity (Wildman–Crippen MR) is 115 cm³/mol. The van der Waals surface area contributed by atoms with Crippen LogP contribution in [0.15, 0.2) is 36.4 Å². The number of nitrogens with zero attached hydrogens (tertiary/aromatic N) is 3. The van der Waals surface area contributed by atoms with Crippen molar-refractivity contribution in [3.63, 3.8) is 0 Å². The van der Waals surface area contributed by atoms with Crippen LogP contribution < -0.4 is 10.6 Å². The zero-order valence-electron chi connectivity index (χ0n) is 17.2. The maximum atomic E-state index is 12.8. The highest BCUT2D eigenvalue weighted by Crippen LogP contribution is 2.18. The molecule has 0 unspecified atom stereocenters. The molecule has 3 aromatic rings. The van der Waals surface area contributed by atoms with Crippen molar-refractivity contribution in [1.82, 2.24) is 25.2 Å². The zero-order valence-corrected chi connectivity index (χ0v) is 17.2. The number of carbonyl (C=O) groups excluding carboxylic acids is 2. The summed E-state index contributed by atoms with van der Waals surface area (Å²) in [6.07, 6.45) is 1.47. The summed E-state index contributed by atoms with van der Waals surface area (Å²) in [5.74, 6) is 0.365. The molecule has 3 N–H and O–H groups in total. The fourth-order valence-corrected chi connectivity index (χ4v) is 3.83. The van der Waals surface area contributed by atoms with Gasteiger partial charge in [-0.05, 0) is 44.9 Å². The first-order chi connectivity index (χ1) is 14.5. The number of piperidine rings is 1. The zero-order chi connectivity index (χ0) is 21.1. The summed E-state index contributed by atoms with van der Waals surface area (Å²) in [5, 5.41) is 7.04. The molecule has 1 aromatic carbocycles. The SMILES string of the molecule is Cc1cc(C)nc(NCC(=O)NC2CCN(C(=O)c3cc4ccccc4[nH]3)CC2)n1. The van der Waals surface area contributed by atoms with Crippen LogP contribution in [0.1, 0.15) is 34.7 Å². The van der Waals surface area contributed by atoms with E-state index in [1.54, 1.807) is 0 Å². The molecular weight excluding hydrogens is 380 g/mol. The summed E-state index contributed by atoms with van der Waals surface area (Å²) in [4.78, 5) is 38.7. The van der Waals surface area contributed by atoms with Crippen molar-refractivity contribution in [2.24, 2.45) is 0 Å². The van der Waals surface area contributed by atoms with E-state index in [9.17, 15) is 9.59 Å². The van der Waals surface area contributed by atoms with E-state index in [0.717, 1.165) is 35.1 Å². The Kier molecular flexibility index (Phi) is 5.65. The number of hydrogen-bond donors (Lipinski definition) is 3. The lowest BCUT2D eigenvalue weighted by atomic mass is 10.0. The normalized spacial score (nSPS) is 14.7. The summed E-state index contributed by atoms with van der Waals surface area (Å²) in [6, 6.07) is 11.7. The van der Waals surface area contributed by atoms with Crippen LogP contribution in [0.25, 0.3) is 10.9 Å². The minimum absolute atomic E-state index is 0.00427. The van der Waals surface area contributed by atoms with Crippen molar-refractivity contribution >= 4 is 28.7 Å². The fraction of sp³-hybridized carbons (Fsp3) is 0.364. The molecule has 0 atom stereocenters. The number of aryl methyl sites for hydroxylation is 2. The van der Waals surface area contributed by atoms with Crippen molar-refractivity contribution in [1.29, 1.82) is 0 Å². The monoisotopic (exact) mass is 406 g/mol. The third kappa shape index (κ3) is 4.59. The van der Waals surface area contributed by atoms with Crippen molar-refractivity contribution in [2.45, 2.75) is 32.7 Å². The summed E-state index contributed by atoms with van der Waals surface area (Å²) < 4.78 is 0. The predicted octanol–water partition coefficient (Wildman–Crippen LogP) is 2.41. The van der Waals surface area contributed by atoms with E-state index in [4.69, 9.17) is 0 Å². The van der Waals surface area contributed by atoms with Crippen LogP contribution in [0.4, 0.5) is 5.95 Å². The molecule has 0 saturated carbocycles. The molecule has 1 fully saturated rings. The number of nitrogens with one attached hydrogen (secondary N) is 3. The second-order valence-electron chi connectivity index (χ2n) is 7.73. The van der Waals surface area contributed by atoms with Crippen LogP contribution in [-0.4, -0.2) is 57.3 Å². The van der Waals surface area contributed by atoms with Gasteiger partial charge in [-0.25, -0.2) is 9.97 Å². The molecule has 156 valence electrons. The maximum absolute atomic E-state index is 12.8. The maximum Gasteiger partial charge on any atom is 0.270 e. The van der Waals surface area contributed by atoms with Gasteiger partial charge in [-0.1, -0.05) is 18.2 Å². The third-order valence-electron chi connectivity index (χ3n) is 5.30. The molecule has 0 radical (unpaired) electrons. The van der Waals surface area contributed by atoms with E-state index < -0.39 is 0 Å². The van der Waals surface area contributed by atoms with Gasteiger partial charge in [-0.15, -0.1) is 0 Å². The fourth-order valence-electron chi connectivity index (χ4n) is 3.83. The molecule has 8 heteroatoms. The van der Waals surface area contributed by atoms with Gasteiger partial charge in [0, 0.05) is 41.4 Å². The van der Waals surface area contributed by atoms with Crippen LogP contribution in [0.2, 0.25) is 0 Å². The van der Waals surface area contributed by atoms with E-state index in [-0.39, 0.29) is 24.4 Å². The van der Waals surface area contributed by atoms with Gasteiger partial charge >= 0.3 is 0 Å². The van der Waals surface area contributed by atoms with Gasteiger partial charge in [-0.3, -0.25) is 9.59 Å². The lowest BCUT2D eigenvalue weighted by Gasteiger charge is -2.32. The van der Waals surface area contributed by atoms with E-state index >= 15 is 0 Å². The van der Waals surface area contributed by atoms with Gasteiger partial charge in [0.1, 0.15) is 5.69 Å². The molecule has 2 aromatic heterocycles. The number of aromatic nitrogens is 3. The van der Waals surface area contributed by atoms with Gasteiger partial charge in [0.05, 0.1) is 6.54 Å². The van der Waals surface area contributed by atoms with Gasteiger partial charge < -0.3 is 20.5 Å². The number of likely N-dealkylation sites (tertiary alicyclic amines) is 1. The standard InChI is InChI=1S/C22H26N6O2/c1-14-11-15(2)25-22(24-14)23-13-20(29)26-17-7-9-28(10-8-17)21(30)19-12-16-5-3-4-6-18(16)27-19/h3-6,11-12,17,27H,7-10,13H2,1-2H3,(H,26,29)(H,23,24,25). The quantitative estimate of drug-likeness (QED) is 0.604. The number of para-hydroxylation sites is 1. The number of fused-ring (bicyclic) bond motifs is 1. The van der Waals surface area contributed by atoms with E-state index in [1.807, 2.05) is 55.1 Å². The molecule has 1 saturated heterocycles. The molecule has 0 spiro atoms. The molecule has 2 amide bonds. The molecular formula is C22H26N6O2. The number of hydrogen-bond acceptors (Lipinski definition) is 5. The number of benzene rings is 1. The van der Waals surface area contributed by atoms with Crippen LogP contribution in [-0.2, 0) is 4.79 Å². The minimum atomic E-state index is -0.0989. The molecule has 3 heterocycles. The average Bonchev–Trinajstić information content (AvgIpc) is 3.16. The Morgan fingerprint density at radius 1 is 1.10 bits per heavy atom. The van der Waals surface area contributed by atoms with Crippen LogP contribution in [0.3, 0.4) is 0 Å². The van der Waals surface area contributed by atoms with Gasteiger partial charge in [0.2, 0.25) is 11.9 Å². The molecule has 0 aliphatic carbocycles. The number of H-pyrrole nitrogens is 1. The van der Waals surface area contributed by atoms with E-state index in [1.165, 1.54) is 0 Å². The summed E-state index contributed by atoms with van der Waals surface area (Å²) >= 11 is 0. The average molecular weight is 406 g/mol. The largest absolute Gasteiger partial charge is 0.352 e. The van der Waals surface area contributed by atoms with Crippen LogP contribution in [0, 0.1) is 13.8 Å². The smallest absolute Gasteiger partial charge is 0.270 e. The number of aromatic amines is 1. The Hall–Kier alpha value is -3.42. The summed E-state index contributed by atoms with van der Waals surface area (Å²) in [6.45, 7) is 5.15. The molecule has 8 nitrogen and oxygen atoms in total. The highest BCUT2D eigenvalue weighted by atomic mass is 16.2. The first-order valence-corrected chi connectivity index (χ1v) is 10.2. The van der Waals surface area contributed by atoms with Crippen molar-refractivity contribution < 1.29 is 9.59 Å². The Labute approximate surface area is 175 Å². The Bertz CT molecular complexity index is 1020. The summed E-state index contributed by atoms with van der Waals surface area (Å²) in [5.41, 5.74) is 3.29. The van der Waals surface area contributed by atoms with Crippen molar-refractivity contribution in [3.8, 4) is 0 Å². The molecule has 30 heavy (non-hydrogen) atoms. The highest BCUT2D eigenvalue weighted by molar-refractivity contribution is 5.98. The lowest BCUT2D eigenvalue weighted by Crippen LogP contribution is -2.47. The van der Waals surface area contributed by atoms with Crippen molar-refractivity contribution in [3.05, 3.63) is 53.5 Å².